The van der Waals surface area contributed by atoms with Gasteiger partial charge in [0.2, 0.25) is 11.5 Å². The molecule has 6 nitrogen and oxygen atoms in total. The molecule has 0 fully saturated rings. The molecule has 0 aliphatic heterocycles. The second-order valence-electron chi connectivity index (χ2n) is 6.16. The second-order valence-corrected chi connectivity index (χ2v) is 7.51. The van der Waals surface area contributed by atoms with Crippen LogP contribution in [0.1, 0.15) is 28.5 Å². The Balaban J connectivity index is 0.000000209. The van der Waals surface area contributed by atoms with Crippen molar-refractivity contribution in [1.29, 1.82) is 0 Å². The maximum atomic E-state index is 11.4. The van der Waals surface area contributed by atoms with E-state index in [1.54, 1.807) is 6.92 Å². The van der Waals surface area contributed by atoms with E-state index in [0.29, 0.717) is 5.56 Å². The fourth-order valence-electron chi connectivity index (χ4n) is 2.57. The van der Waals surface area contributed by atoms with E-state index in [0.717, 1.165) is 18.3 Å². The summed E-state index contributed by atoms with van der Waals surface area (Å²) in [6, 6.07) is 19.4. The molecule has 2 aromatic carbocycles. The Hall–Kier alpha value is -3.03. The minimum Gasteiger partial charge on any atom is -0.744 e. The summed E-state index contributed by atoms with van der Waals surface area (Å²) in [6.07, 6.45) is 1.93. The zero-order valence-electron chi connectivity index (χ0n) is 15.6. The van der Waals surface area contributed by atoms with Crippen molar-refractivity contribution >= 4 is 15.9 Å². The first-order valence-electron chi connectivity index (χ1n) is 8.47. The van der Waals surface area contributed by atoms with Crippen LogP contribution in [-0.4, -0.2) is 23.9 Å². The van der Waals surface area contributed by atoms with Gasteiger partial charge in [-0.3, -0.25) is 4.79 Å². The minimum absolute atomic E-state index is 0.0940. The molecule has 1 N–H and O–H groups in total. The standard InChI is InChI=1S/C14H14NO.C7H8O4S/c1-12(16)14-9-5-6-10-15(14)11-13-7-3-2-4-8-13;1-5-2-3-6(8)4-7(5)12(9,10)11/h2-10H,11H2,1H3;2-4,8H,1H3,(H,9,10,11)/q+1;/p-1. The summed E-state index contributed by atoms with van der Waals surface area (Å²) in [6.45, 7) is 3.82. The number of benzene rings is 2. The van der Waals surface area contributed by atoms with Gasteiger partial charge in [-0.25, -0.2) is 8.42 Å². The minimum atomic E-state index is -4.47. The van der Waals surface area contributed by atoms with Gasteiger partial charge in [-0.05, 0) is 30.7 Å². The summed E-state index contributed by atoms with van der Waals surface area (Å²) in [5.74, 6) is -0.133. The highest BCUT2D eigenvalue weighted by Gasteiger charge is 2.13. The zero-order chi connectivity index (χ0) is 20.7. The van der Waals surface area contributed by atoms with Gasteiger partial charge in [0.05, 0.1) is 4.90 Å². The first kappa shape index (κ1) is 21.3. The Labute approximate surface area is 164 Å². The highest BCUT2D eigenvalue weighted by atomic mass is 32.2. The molecule has 0 saturated carbocycles. The predicted molar refractivity (Wildman–Crippen MR) is 103 cm³/mol. The fourth-order valence-corrected chi connectivity index (χ4v) is 3.30. The molecule has 0 radical (unpaired) electrons. The number of phenols is 1. The van der Waals surface area contributed by atoms with E-state index in [4.69, 9.17) is 5.11 Å². The molecule has 3 rings (SSSR count). The Bertz CT molecular complexity index is 1060. The van der Waals surface area contributed by atoms with Gasteiger partial charge in [-0.1, -0.05) is 36.4 Å². The van der Waals surface area contributed by atoms with Crippen LogP contribution in [0.15, 0.2) is 77.8 Å². The Kier molecular flexibility index (Phi) is 7.03. The number of pyridine rings is 1. The van der Waals surface area contributed by atoms with E-state index < -0.39 is 10.1 Å². The summed E-state index contributed by atoms with van der Waals surface area (Å²) in [5.41, 5.74) is 2.27. The first-order chi connectivity index (χ1) is 13.2. The number of hydrogen-bond acceptors (Lipinski definition) is 5. The molecule has 7 heteroatoms. The van der Waals surface area contributed by atoms with Crippen molar-refractivity contribution in [3.05, 3.63) is 89.7 Å². The molecule has 28 heavy (non-hydrogen) atoms. The van der Waals surface area contributed by atoms with Gasteiger partial charge in [-0.15, -0.1) is 0 Å². The van der Waals surface area contributed by atoms with Crippen LogP contribution in [0.2, 0.25) is 0 Å². The molecular weight excluding hydrogens is 378 g/mol. The molecular formula is C21H21NO5S. The van der Waals surface area contributed by atoms with Crippen molar-refractivity contribution in [3.8, 4) is 5.75 Å². The summed E-state index contributed by atoms with van der Waals surface area (Å²) in [4.78, 5) is 11.1. The van der Waals surface area contributed by atoms with Gasteiger partial charge in [-0.2, -0.15) is 4.57 Å². The Morgan fingerprint density at radius 1 is 1.04 bits per heavy atom. The van der Waals surface area contributed by atoms with Crippen molar-refractivity contribution < 1.29 is 27.4 Å². The van der Waals surface area contributed by atoms with Crippen molar-refractivity contribution in [2.45, 2.75) is 25.3 Å². The molecule has 1 aromatic heterocycles. The highest BCUT2D eigenvalue weighted by Crippen LogP contribution is 2.19. The number of ketones is 1. The summed E-state index contributed by atoms with van der Waals surface area (Å²) >= 11 is 0. The van der Waals surface area contributed by atoms with Gasteiger partial charge < -0.3 is 9.66 Å². The third-order valence-corrected chi connectivity index (χ3v) is 4.92. The van der Waals surface area contributed by atoms with Crippen molar-refractivity contribution in [3.63, 3.8) is 0 Å². The van der Waals surface area contributed by atoms with Crippen LogP contribution in [0, 0.1) is 6.92 Å². The normalized spacial score (nSPS) is 10.7. The van der Waals surface area contributed by atoms with Crippen LogP contribution in [-0.2, 0) is 16.7 Å². The lowest BCUT2D eigenvalue weighted by Crippen LogP contribution is -2.39. The van der Waals surface area contributed by atoms with Crippen molar-refractivity contribution in [1.82, 2.24) is 0 Å². The monoisotopic (exact) mass is 399 g/mol. The van der Waals surface area contributed by atoms with Crippen LogP contribution in [0.25, 0.3) is 0 Å². The van der Waals surface area contributed by atoms with Crippen molar-refractivity contribution in [2.75, 3.05) is 0 Å². The number of aromatic hydroxyl groups is 1. The van der Waals surface area contributed by atoms with Crippen LogP contribution in [0.5, 0.6) is 5.75 Å². The van der Waals surface area contributed by atoms with E-state index >= 15 is 0 Å². The molecule has 0 amide bonds. The molecule has 0 atom stereocenters. The quantitative estimate of drug-likeness (QED) is 0.413. The fraction of sp³-hybridized carbons (Fsp3) is 0.143. The van der Waals surface area contributed by atoms with Gasteiger partial charge in [0, 0.05) is 24.6 Å². The number of hydrogen-bond donors (Lipinski definition) is 1. The van der Waals surface area contributed by atoms with E-state index in [2.05, 4.69) is 12.1 Å². The topological polar surface area (TPSA) is 98.4 Å². The lowest BCUT2D eigenvalue weighted by Gasteiger charge is -2.09. The number of aromatic nitrogens is 1. The molecule has 3 aromatic rings. The summed E-state index contributed by atoms with van der Waals surface area (Å²) < 4.78 is 33.6. The molecule has 1 heterocycles. The molecule has 146 valence electrons. The van der Waals surface area contributed by atoms with Crippen LogP contribution >= 0.6 is 0 Å². The van der Waals surface area contributed by atoms with E-state index in [1.165, 1.54) is 24.6 Å². The average Bonchev–Trinajstić information content (AvgIpc) is 2.64. The van der Waals surface area contributed by atoms with E-state index in [1.807, 2.05) is 47.2 Å². The first-order valence-corrected chi connectivity index (χ1v) is 9.88. The Morgan fingerprint density at radius 2 is 1.68 bits per heavy atom. The number of carbonyl (C=O) groups excluding carboxylic acids is 1. The van der Waals surface area contributed by atoms with Gasteiger partial charge in [0.25, 0.3) is 0 Å². The van der Waals surface area contributed by atoms with Crippen LogP contribution in [0.4, 0.5) is 0 Å². The zero-order valence-corrected chi connectivity index (χ0v) is 16.4. The number of rotatable bonds is 4. The number of phenolic OH excluding ortho intramolecular Hbond substituents is 1. The number of Topliss-reactive ketones (excluding diaryl/α,β-unsaturated/α-hetero) is 1. The number of aryl methyl sites for hydroxylation is 1. The molecule has 0 spiro atoms. The highest BCUT2D eigenvalue weighted by molar-refractivity contribution is 7.85. The predicted octanol–water partition coefficient (Wildman–Crippen LogP) is 2.83. The maximum Gasteiger partial charge on any atom is 0.248 e. The summed E-state index contributed by atoms with van der Waals surface area (Å²) in [5, 5.41) is 8.90. The molecule has 0 saturated heterocycles. The van der Waals surface area contributed by atoms with Gasteiger partial charge in [0.1, 0.15) is 15.9 Å². The molecule has 0 aliphatic rings. The van der Waals surface area contributed by atoms with Gasteiger partial charge >= 0.3 is 0 Å². The molecule has 0 aliphatic carbocycles. The molecule has 0 bridgehead atoms. The second kappa shape index (κ2) is 9.25. The maximum absolute atomic E-state index is 11.4. The average molecular weight is 399 g/mol. The Morgan fingerprint density at radius 3 is 2.25 bits per heavy atom. The van der Waals surface area contributed by atoms with E-state index in [9.17, 15) is 17.8 Å². The SMILES string of the molecule is CC(=O)c1cccc[n+]1Cc1ccccc1.Cc1ccc(O)cc1S(=O)(=O)[O-]. The molecule has 0 unspecified atom stereocenters. The third-order valence-electron chi connectivity index (χ3n) is 3.94. The van der Waals surface area contributed by atoms with Gasteiger partial charge in [0.15, 0.2) is 12.7 Å². The summed E-state index contributed by atoms with van der Waals surface area (Å²) in [7, 11) is -4.47. The lowest BCUT2D eigenvalue weighted by atomic mass is 10.2. The van der Waals surface area contributed by atoms with Crippen molar-refractivity contribution in [2.24, 2.45) is 0 Å². The largest absolute Gasteiger partial charge is 0.744 e. The lowest BCUT2D eigenvalue weighted by molar-refractivity contribution is -0.690. The number of nitrogens with zero attached hydrogens (tertiary/aromatic N) is 1. The van der Waals surface area contributed by atoms with E-state index in [-0.39, 0.29) is 16.4 Å². The third kappa shape index (κ3) is 6.00. The van der Waals surface area contributed by atoms with Crippen LogP contribution in [0.3, 0.4) is 0 Å². The smallest absolute Gasteiger partial charge is 0.248 e. The van der Waals surface area contributed by atoms with Crippen LogP contribution < -0.4 is 4.57 Å². The number of carbonyl (C=O) groups is 1.